The molecule has 1 fully saturated rings. The molecule has 3 heteroatoms. The van der Waals surface area contributed by atoms with Gasteiger partial charge >= 0.3 is 0 Å². The molecule has 0 aliphatic heterocycles. The van der Waals surface area contributed by atoms with Crippen LogP contribution < -0.4 is 4.74 Å². The number of methoxy groups -OCH3 is 1. The van der Waals surface area contributed by atoms with Gasteiger partial charge < -0.3 is 4.74 Å². The second-order valence-corrected chi connectivity index (χ2v) is 6.01. The summed E-state index contributed by atoms with van der Waals surface area (Å²) in [7, 11) is 1.66. The van der Waals surface area contributed by atoms with E-state index in [0.29, 0.717) is 5.92 Å². The van der Waals surface area contributed by atoms with Gasteiger partial charge in [-0.25, -0.2) is 0 Å². The number of halogens is 1. The van der Waals surface area contributed by atoms with Crippen LogP contribution in [0, 0.1) is 5.92 Å². The van der Waals surface area contributed by atoms with Crippen molar-refractivity contribution in [2.24, 2.45) is 5.92 Å². The Kier molecular flexibility index (Phi) is 3.62. The van der Waals surface area contributed by atoms with Crippen LogP contribution in [0.5, 0.6) is 5.75 Å². The monoisotopic (exact) mass is 330 g/mol. The zero-order valence-electron chi connectivity index (χ0n) is 11.2. The SMILES string of the molecule is COc1ccc(C2CC2C(=O)c2ccc(Br)cc2)cc1. The summed E-state index contributed by atoms with van der Waals surface area (Å²) >= 11 is 3.39. The van der Waals surface area contributed by atoms with Gasteiger partial charge in [0.2, 0.25) is 0 Å². The molecular formula is C17H15BrO2. The molecule has 0 radical (unpaired) electrons. The quantitative estimate of drug-likeness (QED) is 0.774. The smallest absolute Gasteiger partial charge is 0.166 e. The van der Waals surface area contributed by atoms with Gasteiger partial charge in [0, 0.05) is 16.0 Å². The maximum atomic E-state index is 12.4. The maximum Gasteiger partial charge on any atom is 0.166 e. The number of benzene rings is 2. The lowest BCUT2D eigenvalue weighted by atomic mass is 10.0. The van der Waals surface area contributed by atoms with Crippen LogP contribution in [0.25, 0.3) is 0 Å². The molecule has 0 bridgehead atoms. The molecule has 1 aliphatic carbocycles. The first-order valence-electron chi connectivity index (χ1n) is 6.63. The second kappa shape index (κ2) is 5.41. The van der Waals surface area contributed by atoms with Gasteiger partial charge in [-0.3, -0.25) is 4.79 Å². The zero-order chi connectivity index (χ0) is 14.1. The Morgan fingerprint density at radius 1 is 1.10 bits per heavy atom. The number of ketones is 1. The molecule has 3 rings (SSSR count). The summed E-state index contributed by atoms with van der Waals surface area (Å²) in [6, 6.07) is 15.6. The number of hydrogen-bond acceptors (Lipinski definition) is 2. The van der Waals surface area contributed by atoms with Crippen LogP contribution in [0.2, 0.25) is 0 Å². The maximum absolute atomic E-state index is 12.4. The standard InChI is InChI=1S/C17H15BrO2/c1-20-14-8-4-11(5-9-14)15-10-16(15)17(19)12-2-6-13(18)7-3-12/h2-9,15-16H,10H2,1H3. The molecule has 1 aliphatic rings. The molecule has 2 nitrogen and oxygen atoms in total. The molecular weight excluding hydrogens is 316 g/mol. The highest BCUT2D eigenvalue weighted by atomic mass is 79.9. The molecule has 2 atom stereocenters. The van der Waals surface area contributed by atoms with E-state index in [0.717, 1.165) is 22.2 Å². The average Bonchev–Trinajstić information content (AvgIpc) is 3.28. The highest BCUT2D eigenvalue weighted by molar-refractivity contribution is 9.10. The molecule has 0 amide bonds. The van der Waals surface area contributed by atoms with Gasteiger partial charge in [-0.15, -0.1) is 0 Å². The third-order valence-corrected chi connectivity index (χ3v) is 4.33. The molecule has 2 aromatic carbocycles. The van der Waals surface area contributed by atoms with Gasteiger partial charge in [0.15, 0.2) is 5.78 Å². The van der Waals surface area contributed by atoms with E-state index in [2.05, 4.69) is 28.1 Å². The Labute approximate surface area is 126 Å². The number of ether oxygens (including phenoxy) is 1. The van der Waals surface area contributed by atoms with Crippen LogP contribution in [0.1, 0.15) is 28.3 Å². The molecule has 0 N–H and O–H groups in total. The predicted octanol–water partition coefficient (Wildman–Crippen LogP) is 4.44. The fourth-order valence-electron chi connectivity index (χ4n) is 2.53. The van der Waals surface area contributed by atoms with Crippen LogP contribution in [-0.2, 0) is 0 Å². The van der Waals surface area contributed by atoms with Crippen molar-refractivity contribution in [3.63, 3.8) is 0 Å². The summed E-state index contributed by atoms with van der Waals surface area (Å²) in [6.45, 7) is 0. The third-order valence-electron chi connectivity index (χ3n) is 3.80. The van der Waals surface area contributed by atoms with Crippen molar-refractivity contribution < 1.29 is 9.53 Å². The zero-order valence-corrected chi connectivity index (χ0v) is 12.8. The molecule has 0 aromatic heterocycles. The summed E-state index contributed by atoms with van der Waals surface area (Å²) in [5.41, 5.74) is 2.02. The van der Waals surface area contributed by atoms with Crippen LogP contribution in [0.15, 0.2) is 53.0 Å². The molecule has 2 unspecified atom stereocenters. The minimum absolute atomic E-state index is 0.129. The lowest BCUT2D eigenvalue weighted by Crippen LogP contribution is -2.02. The third kappa shape index (κ3) is 2.63. The topological polar surface area (TPSA) is 26.3 Å². The largest absolute Gasteiger partial charge is 0.497 e. The first kappa shape index (κ1) is 13.4. The van der Waals surface area contributed by atoms with Crippen molar-refractivity contribution in [2.75, 3.05) is 7.11 Å². The molecule has 1 saturated carbocycles. The number of rotatable bonds is 4. The predicted molar refractivity (Wildman–Crippen MR) is 82.3 cm³/mol. The van der Waals surface area contributed by atoms with Gasteiger partial charge in [0.1, 0.15) is 5.75 Å². The number of Topliss-reactive ketones (excluding diaryl/α,β-unsaturated/α-hetero) is 1. The van der Waals surface area contributed by atoms with Crippen molar-refractivity contribution in [1.29, 1.82) is 0 Å². The van der Waals surface area contributed by atoms with E-state index in [-0.39, 0.29) is 11.7 Å². The highest BCUT2D eigenvalue weighted by Crippen LogP contribution is 2.49. The van der Waals surface area contributed by atoms with Crippen LogP contribution >= 0.6 is 15.9 Å². The number of hydrogen-bond donors (Lipinski definition) is 0. The van der Waals surface area contributed by atoms with Crippen molar-refractivity contribution in [2.45, 2.75) is 12.3 Å². The van der Waals surface area contributed by atoms with E-state index in [1.54, 1.807) is 7.11 Å². The first-order valence-corrected chi connectivity index (χ1v) is 7.42. The Morgan fingerprint density at radius 2 is 1.75 bits per heavy atom. The van der Waals surface area contributed by atoms with Crippen LogP contribution in [0.4, 0.5) is 0 Å². The summed E-state index contributed by atoms with van der Waals surface area (Å²) in [6.07, 6.45) is 0.946. The summed E-state index contributed by atoms with van der Waals surface area (Å²) in [5.74, 6) is 1.59. The lowest BCUT2D eigenvalue weighted by molar-refractivity contribution is 0.0965. The Balaban J connectivity index is 1.71. The fourth-order valence-corrected chi connectivity index (χ4v) is 2.80. The normalized spacial score (nSPS) is 20.5. The molecule has 2 aromatic rings. The molecule has 0 spiro atoms. The summed E-state index contributed by atoms with van der Waals surface area (Å²) in [4.78, 5) is 12.4. The summed E-state index contributed by atoms with van der Waals surface area (Å²) in [5, 5.41) is 0. The van der Waals surface area contributed by atoms with Gasteiger partial charge in [0.25, 0.3) is 0 Å². The lowest BCUT2D eigenvalue weighted by Gasteiger charge is -2.03. The number of carbonyl (C=O) groups is 1. The van der Waals surface area contributed by atoms with Gasteiger partial charge in [-0.2, -0.15) is 0 Å². The van der Waals surface area contributed by atoms with E-state index >= 15 is 0 Å². The van der Waals surface area contributed by atoms with E-state index in [1.807, 2.05) is 36.4 Å². The molecule has 0 heterocycles. The van der Waals surface area contributed by atoms with Crippen molar-refractivity contribution >= 4 is 21.7 Å². The molecule has 102 valence electrons. The molecule has 20 heavy (non-hydrogen) atoms. The van der Waals surface area contributed by atoms with Crippen molar-refractivity contribution in [3.05, 3.63) is 64.1 Å². The minimum atomic E-state index is 0.129. The Hall–Kier alpha value is -1.61. The van der Waals surface area contributed by atoms with Gasteiger partial charge in [-0.05, 0) is 42.2 Å². The minimum Gasteiger partial charge on any atom is -0.497 e. The van der Waals surface area contributed by atoms with Gasteiger partial charge in [-0.1, -0.05) is 40.2 Å². The Bertz CT molecular complexity index is 616. The number of carbonyl (C=O) groups excluding carboxylic acids is 1. The Morgan fingerprint density at radius 3 is 2.35 bits per heavy atom. The van der Waals surface area contributed by atoms with Crippen LogP contribution in [0.3, 0.4) is 0 Å². The fraction of sp³-hybridized carbons (Fsp3) is 0.235. The van der Waals surface area contributed by atoms with Gasteiger partial charge in [0.05, 0.1) is 7.11 Å². The van der Waals surface area contributed by atoms with Crippen molar-refractivity contribution in [3.8, 4) is 5.75 Å². The van der Waals surface area contributed by atoms with E-state index < -0.39 is 0 Å². The second-order valence-electron chi connectivity index (χ2n) is 5.09. The van der Waals surface area contributed by atoms with E-state index in [9.17, 15) is 4.79 Å². The van der Waals surface area contributed by atoms with E-state index in [4.69, 9.17) is 4.74 Å². The van der Waals surface area contributed by atoms with Crippen molar-refractivity contribution in [1.82, 2.24) is 0 Å². The first-order chi connectivity index (χ1) is 9.69. The molecule has 0 saturated heterocycles. The highest BCUT2D eigenvalue weighted by Gasteiger charge is 2.43. The van der Waals surface area contributed by atoms with E-state index in [1.165, 1.54) is 5.56 Å². The average molecular weight is 331 g/mol. The van der Waals surface area contributed by atoms with Crippen LogP contribution in [-0.4, -0.2) is 12.9 Å². The summed E-state index contributed by atoms with van der Waals surface area (Å²) < 4.78 is 6.15.